The maximum absolute atomic E-state index is 12.3. The maximum Gasteiger partial charge on any atom is 0.246 e. The molecule has 1 aromatic heterocycles. The molecule has 1 aliphatic heterocycles. The average molecular weight is 392 g/mol. The molecular weight excluding hydrogens is 368 g/mol. The number of hydrogen-bond donors (Lipinski definition) is 1. The fraction of sp³-hybridized carbons (Fsp3) is 0.444. The second kappa shape index (κ2) is 7.99. The van der Waals surface area contributed by atoms with Crippen LogP contribution in [0.4, 0.5) is 17.2 Å². The van der Waals surface area contributed by atoms with E-state index >= 15 is 0 Å². The Balaban J connectivity index is 1.73. The second-order valence-electron chi connectivity index (χ2n) is 6.70. The molecule has 1 N–H and O–H groups in total. The Morgan fingerprint density at radius 2 is 1.89 bits per heavy atom. The fourth-order valence-corrected chi connectivity index (χ4v) is 3.98. The molecule has 0 atom stereocenters. The number of amides is 1. The highest BCUT2D eigenvalue weighted by molar-refractivity contribution is 7.92. The quantitative estimate of drug-likeness (QED) is 0.811. The van der Waals surface area contributed by atoms with E-state index in [1.165, 1.54) is 19.3 Å². The van der Waals surface area contributed by atoms with E-state index < -0.39 is 15.9 Å². The normalized spacial score (nSPS) is 14.8. The Morgan fingerprint density at radius 3 is 2.44 bits per heavy atom. The molecule has 0 spiro atoms. The van der Waals surface area contributed by atoms with Gasteiger partial charge >= 0.3 is 0 Å². The van der Waals surface area contributed by atoms with Crippen molar-refractivity contribution in [2.24, 2.45) is 0 Å². The lowest BCUT2D eigenvalue weighted by Gasteiger charge is -2.29. The SMILES string of the molecule is Cc1cc(NC(=O)CN(c2ccc(N3CCCCC3)cc2)S(C)(=O)=O)no1. The van der Waals surface area contributed by atoms with Crippen LogP contribution in [-0.2, 0) is 14.8 Å². The van der Waals surface area contributed by atoms with E-state index in [9.17, 15) is 13.2 Å². The number of aryl methyl sites for hydroxylation is 1. The minimum atomic E-state index is -3.62. The highest BCUT2D eigenvalue weighted by Gasteiger charge is 2.22. The van der Waals surface area contributed by atoms with Crippen molar-refractivity contribution in [2.75, 3.05) is 40.4 Å². The number of carbonyl (C=O) groups excluding carboxylic acids is 1. The minimum Gasteiger partial charge on any atom is -0.372 e. The van der Waals surface area contributed by atoms with E-state index in [-0.39, 0.29) is 12.4 Å². The number of hydrogen-bond acceptors (Lipinski definition) is 6. The lowest BCUT2D eigenvalue weighted by atomic mass is 10.1. The third kappa shape index (κ3) is 5.00. The first-order chi connectivity index (χ1) is 12.8. The third-order valence-corrected chi connectivity index (χ3v) is 5.58. The van der Waals surface area contributed by atoms with E-state index in [4.69, 9.17) is 4.52 Å². The molecular formula is C18H24N4O4S. The summed E-state index contributed by atoms with van der Waals surface area (Å²) in [4.78, 5) is 14.5. The third-order valence-electron chi connectivity index (χ3n) is 4.44. The van der Waals surface area contributed by atoms with Gasteiger partial charge in [0.25, 0.3) is 0 Å². The Hall–Kier alpha value is -2.55. The van der Waals surface area contributed by atoms with Gasteiger partial charge in [-0.15, -0.1) is 0 Å². The zero-order valence-electron chi connectivity index (χ0n) is 15.5. The molecule has 0 aliphatic carbocycles. The van der Waals surface area contributed by atoms with Crippen molar-refractivity contribution in [1.82, 2.24) is 5.16 Å². The predicted molar refractivity (Wildman–Crippen MR) is 105 cm³/mol. The summed E-state index contributed by atoms with van der Waals surface area (Å²) in [6.07, 6.45) is 4.66. The molecule has 0 radical (unpaired) electrons. The average Bonchev–Trinajstić information content (AvgIpc) is 3.04. The predicted octanol–water partition coefficient (Wildman–Crippen LogP) is 2.38. The van der Waals surface area contributed by atoms with Gasteiger partial charge in [-0.2, -0.15) is 0 Å². The molecule has 146 valence electrons. The van der Waals surface area contributed by atoms with Crippen LogP contribution < -0.4 is 14.5 Å². The van der Waals surface area contributed by atoms with Gasteiger partial charge in [0.15, 0.2) is 5.82 Å². The summed E-state index contributed by atoms with van der Waals surface area (Å²) in [5, 5.41) is 6.22. The number of anilines is 3. The van der Waals surface area contributed by atoms with Crippen LogP contribution >= 0.6 is 0 Å². The second-order valence-corrected chi connectivity index (χ2v) is 8.61. The van der Waals surface area contributed by atoms with E-state index in [0.717, 1.165) is 29.3 Å². The van der Waals surface area contributed by atoms with Gasteiger partial charge in [-0.25, -0.2) is 8.42 Å². The van der Waals surface area contributed by atoms with Crippen LogP contribution in [0.5, 0.6) is 0 Å². The number of carbonyl (C=O) groups is 1. The number of aromatic nitrogens is 1. The van der Waals surface area contributed by atoms with Gasteiger partial charge in [-0.1, -0.05) is 5.16 Å². The zero-order chi connectivity index (χ0) is 19.4. The first-order valence-corrected chi connectivity index (χ1v) is 10.7. The standard InChI is InChI=1S/C18H24N4O4S/c1-14-12-17(20-26-14)19-18(23)13-22(27(2,24)25)16-8-6-15(7-9-16)21-10-4-3-5-11-21/h6-9,12H,3-5,10-11,13H2,1-2H3,(H,19,20,23). The van der Waals surface area contributed by atoms with Crippen LogP contribution in [0.1, 0.15) is 25.0 Å². The Morgan fingerprint density at radius 1 is 1.22 bits per heavy atom. The fourth-order valence-electron chi connectivity index (χ4n) is 3.12. The molecule has 3 rings (SSSR count). The number of rotatable bonds is 6. The molecule has 2 heterocycles. The van der Waals surface area contributed by atoms with Gasteiger partial charge in [0.05, 0.1) is 11.9 Å². The van der Waals surface area contributed by atoms with E-state index in [0.29, 0.717) is 11.4 Å². The zero-order valence-corrected chi connectivity index (χ0v) is 16.3. The highest BCUT2D eigenvalue weighted by atomic mass is 32.2. The molecule has 1 amide bonds. The first kappa shape index (κ1) is 19.2. The Labute approximate surface area is 159 Å². The lowest BCUT2D eigenvalue weighted by Crippen LogP contribution is -2.37. The van der Waals surface area contributed by atoms with Crippen molar-refractivity contribution in [1.29, 1.82) is 0 Å². The van der Waals surface area contributed by atoms with Gasteiger partial charge in [0, 0.05) is 24.8 Å². The number of nitrogens with zero attached hydrogens (tertiary/aromatic N) is 3. The van der Waals surface area contributed by atoms with Crippen LogP contribution in [-0.4, -0.2) is 45.4 Å². The molecule has 27 heavy (non-hydrogen) atoms. The molecule has 1 fully saturated rings. The largest absolute Gasteiger partial charge is 0.372 e. The summed E-state index contributed by atoms with van der Waals surface area (Å²) in [6.45, 7) is 3.38. The first-order valence-electron chi connectivity index (χ1n) is 8.89. The summed E-state index contributed by atoms with van der Waals surface area (Å²) in [7, 11) is -3.62. The van der Waals surface area contributed by atoms with Crippen molar-refractivity contribution in [3.05, 3.63) is 36.1 Å². The van der Waals surface area contributed by atoms with Crippen LogP contribution in [0.3, 0.4) is 0 Å². The Kier molecular flexibility index (Phi) is 5.69. The molecule has 8 nitrogen and oxygen atoms in total. The molecule has 0 unspecified atom stereocenters. The van der Waals surface area contributed by atoms with Gasteiger partial charge in [0.2, 0.25) is 15.9 Å². The van der Waals surface area contributed by atoms with Gasteiger partial charge < -0.3 is 14.7 Å². The number of sulfonamides is 1. The van der Waals surface area contributed by atoms with E-state index in [1.807, 2.05) is 12.1 Å². The monoisotopic (exact) mass is 392 g/mol. The maximum atomic E-state index is 12.3. The lowest BCUT2D eigenvalue weighted by molar-refractivity contribution is -0.114. The van der Waals surface area contributed by atoms with Crippen LogP contribution in [0.2, 0.25) is 0 Å². The van der Waals surface area contributed by atoms with Gasteiger partial charge in [-0.3, -0.25) is 9.10 Å². The number of piperidine rings is 1. The summed E-state index contributed by atoms with van der Waals surface area (Å²) in [5.41, 5.74) is 1.51. The molecule has 0 saturated carbocycles. The summed E-state index contributed by atoms with van der Waals surface area (Å²) in [5.74, 6) is 0.318. The molecule has 2 aromatic rings. The smallest absolute Gasteiger partial charge is 0.246 e. The van der Waals surface area contributed by atoms with Crippen molar-refractivity contribution >= 4 is 33.1 Å². The minimum absolute atomic E-state index is 0.256. The highest BCUT2D eigenvalue weighted by Crippen LogP contribution is 2.25. The molecule has 1 aliphatic rings. The van der Waals surface area contributed by atoms with Crippen LogP contribution in [0.15, 0.2) is 34.9 Å². The summed E-state index contributed by atoms with van der Waals surface area (Å²) in [6, 6.07) is 8.84. The summed E-state index contributed by atoms with van der Waals surface area (Å²) >= 11 is 0. The van der Waals surface area contributed by atoms with Crippen LogP contribution in [0, 0.1) is 6.92 Å². The number of benzene rings is 1. The summed E-state index contributed by atoms with van der Waals surface area (Å²) < 4.78 is 30.4. The molecule has 9 heteroatoms. The molecule has 1 aromatic carbocycles. The van der Waals surface area contributed by atoms with Crippen molar-refractivity contribution in [3.63, 3.8) is 0 Å². The van der Waals surface area contributed by atoms with Gasteiger partial charge in [-0.05, 0) is 50.5 Å². The Bertz CT molecular complexity index is 886. The van der Waals surface area contributed by atoms with Crippen molar-refractivity contribution in [3.8, 4) is 0 Å². The topological polar surface area (TPSA) is 95.8 Å². The van der Waals surface area contributed by atoms with E-state index in [2.05, 4.69) is 15.4 Å². The van der Waals surface area contributed by atoms with Crippen molar-refractivity contribution < 1.29 is 17.7 Å². The number of nitrogens with one attached hydrogen (secondary N) is 1. The van der Waals surface area contributed by atoms with E-state index in [1.54, 1.807) is 25.1 Å². The van der Waals surface area contributed by atoms with Crippen LogP contribution in [0.25, 0.3) is 0 Å². The van der Waals surface area contributed by atoms with Gasteiger partial charge in [0.1, 0.15) is 12.3 Å². The van der Waals surface area contributed by atoms with Crippen molar-refractivity contribution in [2.45, 2.75) is 26.2 Å². The molecule has 0 bridgehead atoms. The molecule has 1 saturated heterocycles.